The van der Waals surface area contributed by atoms with E-state index >= 15 is 0 Å². The fourth-order valence-corrected chi connectivity index (χ4v) is 2.73. The standard InChI is InChI=1S/C15H23N3O3/c1-10-6-11(15(16)17-19)4-5-12(10)7-18-8-13(20-2)14(9-18)21-3/h4-6,13-14,19H,7-9H2,1-3H3,(H2,16,17). The third-order valence-electron chi connectivity index (χ3n) is 4.04. The number of nitrogens with two attached hydrogens (primary N) is 1. The molecule has 0 aromatic heterocycles. The van der Waals surface area contributed by atoms with Gasteiger partial charge in [-0.3, -0.25) is 4.90 Å². The van der Waals surface area contributed by atoms with Gasteiger partial charge < -0.3 is 20.4 Å². The Balaban J connectivity index is 2.07. The molecule has 0 radical (unpaired) electrons. The minimum Gasteiger partial charge on any atom is -0.409 e. The first-order valence-corrected chi connectivity index (χ1v) is 6.94. The zero-order valence-corrected chi connectivity index (χ0v) is 12.7. The lowest BCUT2D eigenvalue weighted by Gasteiger charge is -2.17. The molecule has 2 atom stereocenters. The van der Waals surface area contributed by atoms with E-state index in [4.69, 9.17) is 20.4 Å². The first kappa shape index (κ1) is 15.8. The molecule has 6 heteroatoms. The Hall–Kier alpha value is -1.63. The van der Waals surface area contributed by atoms with Crippen molar-refractivity contribution in [3.8, 4) is 0 Å². The molecule has 1 heterocycles. The fraction of sp³-hybridized carbons (Fsp3) is 0.533. The molecule has 1 saturated heterocycles. The first-order chi connectivity index (χ1) is 10.1. The topological polar surface area (TPSA) is 80.3 Å². The second kappa shape index (κ2) is 6.89. The largest absolute Gasteiger partial charge is 0.409 e. The summed E-state index contributed by atoms with van der Waals surface area (Å²) in [6.45, 7) is 4.58. The van der Waals surface area contributed by atoms with Gasteiger partial charge in [-0.15, -0.1) is 0 Å². The number of nitrogens with zero attached hydrogens (tertiary/aromatic N) is 2. The number of likely N-dealkylation sites (tertiary alicyclic amines) is 1. The van der Waals surface area contributed by atoms with E-state index < -0.39 is 0 Å². The van der Waals surface area contributed by atoms with Gasteiger partial charge in [0.25, 0.3) is 0 Å². The van der Waals surface area contributed by atoms with Crippen LogP contribution in [0.5, 0.6) is 0 Å². The van der Waals surface area contributed by atoms with Crippen LogP contribution in [0.4, 0.5) is 0 Å². The molecular weight excluding hydrogens is 270 g/mol. The molecular formula is C15H23N3O3. The second-order valence-electron chi connectivity index (χ2n) is 5.37. The van der Waals surface area contributed by atoms with E-state index in [9.17, 15) is 0 Å². The number of amidine groups is 1. The van der Waals surface area contributed by atoms with Crippen molar-refractivity contribution >= 4 is 5.84 Å². The van der Waals surface area contributed by atoms with E-state index in [0.29, 0.717) is 0 Å². The maximum absolute atomic E-state index is 8.72. The van der Waals surface area contributed by atoms with Gasteiger partial charge in [0.05, 0.1) is 12.2 Å². The Kier molecular flexibility index (Phi) is 5.17. The number of ether oxygens (including phenoxy) is 2. The summed E-state index contributed by atoms with van der Waals surface area (Å²) in [6, 6.07) is 5.82. The molecule has 21 heavy (non-hydrogen) atoms. The third-order valence-corrected chi connectivity index (χ3v) is 4.04. The van der Waals surface area contributed by atoms with E-state index in [1.54, 1.807) is 14.2 Å². The van der Waals surface area contributed by atoms with Crippen molar-refractivity contribution in [2.45, 2.75) is 25.7 Å². The summed E-state index contributed by atoms with van der Waals surface area (Å²) in [5, 5.41) is 11.7. The normalized spacial score (nSPS) is 23.7. The van der Waals surface area contributed by atoms with Crippen LogP contribution < -0.4 is 5.73 Å². The summed E-state index contributed by atoms with van der Waals surface area (Å²) in [6.07, 6.45) is 0.235. The molecule has 1 aromatic carbocycles. The molecule has 6 nitrogen and oxygen atoms in total. The van der Waals surface area contributed by atoms with E-state index in [-0.39, 0.29) is 18.0 Å². The summed E-state index contributed by atoms with van der Waals surface area (Å²) in [4.78, 5) is 2.31. The van der Waals surface area contributed by atoms with Crippen LogP contribution in [0.25, 0.3) is 0 Å². The van der Waals surface area contributed by atoms with Gasteiger partial charge in [-0.05, 0) is 24.1 Å². The van der Waals surface area contributed by atoms with Crippen LogP contribution in [0.1, 0.15) is 16.7 Å². The van der Waals surface area contributed by atoms with Gasteiger partial charge in [0.15, 0.2) is 5.84 Å². The van der Waals surface area contributed by atoms with Crippen LogP contribution in [0.3, 0.4) is 0 Å². The highest BCUT2D eigenvalue weighted by Crippen LogP contribution is 2.20. The van der Waals surface area contributed by atoms with Crippen LogP contribution in [-0.4, -0.2) is 55.5 Å². The van der Waals surface area contributed by atoms with E-state index in [0.717, 1.165) is 30.8 Å². The van der Waals surface area contributed by atoms with E-state index in [1.807, 2.05) is 25.1 Å². The maximum atomic E-state index is 8.72. The van der Waals surface area contributed by atoms with Crippen molar-refractivity contribution in [3.05, 3.63) is 34.9 Å². The number of rotatable bonds is 5. The van der Waals surface area contributed by atoms with Gasteiger partial charge in [-0.1, -0.05) is 17.3 Å². The highest BCUT2D eigenvalue weighted by atomic mass is 16.5. The quantitative estimate of drug-likeness (QED) is 0.365. The lowest BCUT2D eigenvalue weighted by atomic mass is 10.0. The molecule has 0 spiro atoms. The average molecular weight is 293 g/mol. The van der Waals surface area contributed by atoms with Crippen LogP contribution >= 0.6 is 0 Å². The van der Waals surface area contributed by atoms with E-state index in [2.05, 4.69) is 10.1 Å². The molecule has 0 saturated carbocycles. The van der Waals surface area contributed by atoms with Gasteiger partial charge >= 0.3 is 0 Å². The molecule has 0 bridgehead atoms. The molecule has 116 valence electrons. The predicted molar refractivity (Wildman–Crippen MR) is 80.6 cm³/mol. The smallest absolute Gasteiger partial charge is 0.170 e. The van der Waals surface area contributed by atoms with Crippen LogP contribution in [0.15, 0.2) is 23.4 Å². The summed E-state index contributed by atoms with van der Waals surface area (Å²) >= 11 is 0. The molecule has 1 aliphatic heterocycles. The average Bonchev–Trinajstić information content (AvgIpc) is 2.90. The number of hydrogen-bond acceptors (Lipinski definition) is 5. The summed E-state index contributed by atoms with van der Waals surface area (Å²) in [7, 11) is 3.44. The number of oxime groups is 1. The SMILES string of the molecule is COC1CN(Cc2ccc(/C(N)=N/O)cc2C)CC1OC. The minimum absolute atomic E-state index is 0.117. The first-order valence-electron chi connectivity index (χ1n) is 6.94. The van der Waals surface area contributed by atoms with Crippen molar-refractivity contribution in [1.82, 2.24) is 4.90 Å². The zero-order chi connectivity index (χ0) is 15.4. The summed E-state index contributed by atoms with van der Waals surface area (Å²) < 4.78 is 10.9. The van der Waals surface area contributed by atoms with Gasteiger partial charge in [0.2, 0.25) is 0 Å². The Labute approximate surface area is 125 Å². The molecule has 0 aliphatic carbocycles. The van der Waals surface area contributed by atoms with Gasteiger partial charge in [-0.2, -0.15) is 0 Å². The van der Waals surface area contributed by atoms with Crippen molar-refractivity contribution < 1.29 is 14.7 Å². The number of hydrogen-bond donors (Lipinski definition) is 2. The van der Waals surface area contributed by atoms with Gasteiger partial charge in [-0.25, -0.2) is 0 Å². The van der Waals surface area contributed by atoms with Gasteiger partial charge in [0, 0.05) is 39.4 Å². The van der Waals surface area contributed by atoms with Crippen molar-refractivity contribution in [3.63, 3.8) is 0 Å². The summed E-state index contributed by atoms with van der Waals surface area (Å²) in [5.74, 6) is 0.129. The Morgan fingerprint density at radius 2 is 1.95 bits per heavy atom. The molecule has 1 aromatic rings. The maximum Gasteiger partial charge on any atom is 0.170 e. The number of methoxy groups -OCH3 is 2. The molecule has 2 rings (SSSR count). The third kappa shape index (κ3) is 3.53. The Morgan fingerprint density at radius 1 is 1.33 bits per heavy atom. The Bertz CT molecular complexity index is 507. The zero-order valence-electron chi connectivity index (χ0n) is 12.7. The number of benzene rings is 1. The van der Waals surface area contributed by atoms with Crippen molar-refractivity contribution in [1.29, 1.82) is 0 Å². The van der Waals surface area contributed by atoms with Gasteiger partial charge in [0.1, 0.15) is 0 Å². The lowest BCUT2D eigenvalue weighted by molar-refractivity contribution is -0.00461. The molecule has 3 N–H and O–H groups in total. The van der Waals surface area contributed by atoms with E-state index in [1.165, 1.54) is 5.56 Å². The van der Waals surface area contributed by atoms with Crippen molar-refractivity contribution in [2.24, 2.45) is 10.9 Å². The molecule has 1 aliphatic rings. The lowest BCUT2D eigenvalue weighted by Crippen LogP contribution is -2.27. The van der Waals surface area contributed by atoms with Crippen LogP contribution in [-0.2, 0) is 16.0 Å². The monoisotopic (exact) mass is 293 g/mol. The number of aryl methyl sites for hydroxylation is 1. The van der Waals surface area contributed by atoms with Crippen LogP contribution in [0.2, 0.25) is 0 Å². The minimum atomic E-state index is 0.117. The fourth-order valence-electron chi connectivity index (χ4n) is 2.73. The second-order valence-corrected chi connectivity index (χ2v) is 5.37. The molecule has 0 amide bonds. The highest BCUT2D eigenvalue weighted by Gasteiger charge is 2.32. The molecule has 2 unspecified atom stereocenters. The predicted octanol–water partition coefficient (Wildman–Crippen LogP) is 0.935. The van der Waals surface area contributed by atoms with Crippen molar-refractivity contribution in [2.75, 3.05) is 27.3 Å². The summed E-state index contributed by atoms with van der Waals surface area (Å²) in [5.41, 5.74) is 8.67. The Morgan fingerprint density at radius 3 is 2.43 bits per heavy atom. The molecule has 1 fully saturated rings. The van der Waals surface area contributed by atoms with Crippen LogP contribution in [0, 0.1) is 6.92 Å². The highest BCUT2D eigenvalue weighted by molar-refractivity contribution is 5.97.